The Morgan fingerprint density at radius 1 is 1.24 bits per heavy atom. The molecule has 4 nitrogen and oxygen atoms in total. The normalized spacial score (nSPS) is 17.1. The second-order valence-electron chi connectivity index (χ2n) is 5.41. The van der Waals surface area contributed by atoms with Crippen LogP contribution in [-0.2, 0) is 6.54 Å². The molecular weight excluding hydrogens is 264 g/mol. The summed E-state index contributed by atoms with van der Waals surface area (Å²) in [4.78, 5) is 12.3. The van der Waals surface area contributed by atoms with Gasteiger partial charge in [0.15, 0.2) is 0 Å². The van der Waals surface area contributed by atoms with Crippen molar-refractivity contribution >= 4 is 5.91 Å². The number of benzene rings is 2. The first-order valence-electron chi connectivity index (χ1n) is 7.03. The molecule has 0 saturated heterocycles. The van der Waals surface area contributed by atoms with Crippen molar-refractivity contribution in [3.05, 3.63) is 64.7 Å². The molecule has 1 heterocycles. The smallest absolute Gasteiger partial charge is 0.251 e. The Balaban J connectivity index is 1.80. The lowest BCUT2D eigenvalue weighted by molar-refractivity contribution is 0.0934. The highest BCUT2D eigenvalue weighted by Gasteiger charge is 2.21. The molecule has 0 saturated carbocycles. The average molecular weight is 282 g/mol. The van der Waals surface area contributed by atoms with Crippen LogP contribution in [0.15, 0.2) is 42.5 Å². The Morgan fingerprint density at radius 3 is 2.76 bits per heavy atom. The van der Waals surface area contributed by atoms with Crippen molar-refractivity contribution in [3.8, 4) is 5.75 Å². The van der Waals surface area contributed by atoms with E-state index >= 15 is 0 Å². The summed E-state index contributed by atoms with van der Waals surface area (Å²) in [5, 5.41) is 15.7. The number of rotatable bonds is 2. The van der Waals surface area contributed by atoms with Crippen LogP contribution in [0.4, 0.5) is 0 Å². The first-order valence-corrected chi connectivity index (χ1v) is 7.03. The van der Waals surface area contributed by atoms with E-state index in [9.17, 15) is 9.90 Å². The van der Waals surface area contributed by atoms with Crippen molar-refractivity contribution < 1.29 is 9.90 Å². The minimum Gasteiger partial charge on any atom is -0.508 e. The standard InChI is InChI=1S/C17H18N2O2/c1-11-2-7-15-13(8-11)9-18-10-16(15)19-17(21)12-3-5-14(20)6-4-12/h2-8,16,18,20H,9-10H2,1H3,(H,19,21). The lowest BCUT2D eigenvalue weighted by Gasteiger charge is -2.27. The van der Waals surface area contributed by atoms with Crippen molar-refractivity contribution in [1.82, 2.24) is 10.6 Å². The van der Waals surface area contributed by atoms with Crippen molar-refractivity contribution in [2.24, 2.45) is 0 Å². The summed E-state index contributed by atoms with van der Waals surface area (Å²) >= 11 is 0. The SMILES string of the molecule is Cc1ccc2c(c1)CNCC2NC(=O)c1ccc(O)cc1. The highest BCUT2D eigenvalue weighted by molar-refractivity contribution is 5.94. The van der Waals surface area contributed by atoms with Crippen LogP contribution in [0.2, 0.25) is 0 Å². The highest BCUT2D eigenvalue weighted by atomic mass is 16.3. The lowest BCUT2D eigenvalue weighted by atomic mass is 9.95. The van der Waals surface area contributed by atoms with Gasteiger partial charge in [-0.3, -0.25) is 4.79 Å². The van der Waals surface area contributed by atoms with Gasteiger partial charge in [-0.25, -0.2) is 0 Å². The number of phenols is 1. The summed E-state index contributed by atoms with van der Waals surface area (Å²) < 4.78 is 0. The Kier molecular flexibility index (Phi) is 3.62. The molecular formula is C17H18N2O2. The van der Waals surface area contributed by atoms with Crippen LogP contribution in [0, 0.1) is 6.92 Å². The van der Waals surface area contributed by atoms with E-state index in [2.05, 4.69) is 35.8 Å². The quantitative estimate of drug-likeness (QED) is 0.792. The van der Waals surface area contributed by atoms with Crippen LogP contribution >= 0.6 is 0 Å². The zero-order chi connectivity index (χ0) is 14.8. The fourth-order valence-electron chi connectivity index (χ4n) is 2.67. The third-order valence-corrected chi connectivity index (χ3v) is 3.77. The third kappa shape index (κ3) is 2.90. The molecule has 0 spiro atoms. The predicted octanol–water partition coefficient (Wildman–Crippen LogP) is 2.27. The molecule has 0 bridgehead atoms. The molecule has 1 unspecified atom stereocenters. The number of hydrogen-bond acceptors (Lipinski definition) is 3. The Morgan fingerprint density at radius 2 is 2.00 bits per heavy atom. The van der Waals surface area contributed by atoms with Gasteiger partial charge < -0.3 is 15.7 Å². The van der Waals surface area contributed by atoms with Crippen LogP contribution in [-0.4, -0.2) is 17.6 Å². The zero-order valence-corrected chi connectivity index (χ0v) is 11.9. The Bertz CT molecular complexity index is 665. The van der Waals surface area contributed by atoms with E-state index in [0.29, 0.717) is 5.56 Å². The largest absolute Gasteiger partial charge is 0.508 e. The summed E-state index contributed by atoms with van der Waals surface area (Å²) in [6.45, 7) is 3.63. The Hall–Kier alpha value is -2.33. The first-order chi connectivity index (χ1) is 10.1. The number of nitrogens with one attached hydrogen (secondary N) is 2. The maximum absolute atomic E-state index is 12.3. The van der Waals surface area contributed by atoms with Gasteiger partial charge in [-0.15, -0.1) is 0 Å². The molecule has 108 valence electrons. The second-order valence-corrected chi connectivity index (χ2v) is 5.41. The number of carbonyl (C=O) groups excluding carboxylic acids is 1. The first kappa shape index (κ1) is 13.6. The number of fused-ring (bicyclic) bond motifs is 1. The summed E-state index contributed by atoms with van der Waals surface area (Å²) in [7, 11) is 0. The molecule has 1 amide bonds. The molecule has 1 aliphatic heterocycles. The molecule has 0 aliphatic carbocycles. The molecule has 2 aromatic carbocycles. The van der Waals surface area contributed by atoms with Gasteiger partial charge in [0.1, 0.15) is 5.75 Å². The van der Waals surface area contributed by atoms with Gasteiger partial charge in [0.2, 0.25) is 0 Å². The van der Waals surface area contributed by atoms with E-state index in [-0.39, 0.29) is 17.7 Å². The van der Waals surface area contributed by atoms with Gasteiger partial charge in [0.05, 0.1) is 6.04 Å². The molecule has 1 aliphatic rings. The van der Waals surface area contributed by atoms with Crippen LogP contribution in [0.5, 0.6) is 5.75 Å². The van der Waals surface area contributed by atoms with E-state index in [4.69, 9.17) is 0 Å². The molecule has 3 rings (SSSR count). The van der Waals surface area contributed by atoms with E-state index in [1.807, 2.05) is 0 Å². The summed E-state index contributed by atoms with van der Waals surface area (Å²) in [6.07, 6.45) is 0. The van der Waals surface area contributed by atoms with Crippen molar-refractivity contribution in [2.75, 3.05) is 6.54 Å². The number of aromatic hydroxyl groups is 1. The monoisotopic (exact) mass is 282 g/mol. The zero-order valence-electron chi connectivity index (χ0n) is 11.9. The summed E-state index contributed by atoms with van der Waals surface area (Å²) in [5.41, 5.74) is 4.18. The lowest BCUT2D eigenvalue weighted by Crippen LogP contribution is -2.39. The topological polar surface area (TPSA) is 61.4 Å². The molecule has 0 aromatic heterocycles. The van der Waals surface area contributed by atoms with Crippen molar-refractivity contribution in [2.45, 2.75) is 19.5 Å². The average Bonchev–Trinajstić information content (AvgIpc) is 2.47. The number of amides is 1. The molecule has 21 heavy (non-hydrogen) atoms. The van der Waals surface area contributed by atoms with E-state index in [1.54, 1.807) is 12.1 Å². The molecule has 2 aromatic rings. The van der Waals surface area contributed by atoms with E-state index in [1.165, 1.54) is 28.8 Å². The van der Waals surface area contributed by atoms with Gasteiger partial charge in [-0.2, -0.15) is 0 Å². The second kappa shape index (κ2) is 5.58. The maximum atomic E-state index is 12.3. The van der Waals surface area contributed by atoms with Crippen LogP contribution in [0.25, 0.3) is 0 Å². The van der Waals surface area contributed by atoms with Gasteiger partial charge in [0.25, 0.3) is 5.91 Å². The number of phenolic OH excluding ortho intramolecular Hbond substituents is 1. The minimum atomic E-state index is -0.129. The number of aryl methyl sites for hydroxylation is 1. The number of hydrogen-bond donors (Lipinski definition) is 3. The third-order valence-electron chi connectivity index (χ3n) is 3.77. The molecule has 0 radical (unpaired) electrons. The maximum Gasteiger partial charge on any atom is 0.251 e. The summed E-state index contributed by atoms with van der Waals surface area (Å²) in [6, 6.07) is 12.6. The molecule has 0 fully saturated rings. The van der Waals surface area contributed by atoms with Gasteiger partial charge in [-0.05, 0) is 42.3 Å². The predicted molar refractivity (Wildman–Crippen MR) is 81.2 cm³/mol. The fraction of sp³-hybridized carbons (Fsp3) is 0.235. The van der Waals surface area contributed by atoms with Crippen molar-refractivity contribution in [1.29, 1.82) is 0 Å². The van der Waals surface area contributed by atoms with Crippen molar-refractivity contribution in [3.63, 3.8) is 0 Å². The van der Waals surface area contributed by atoms with Crippen LogP contribution < -0.4 is 10.6 Å². The minimum absolute atomic E-state index is 0.0318. The van der Waals surface area contributed by atoms with Gasteiger partial charge in [0, 0.05) is 18.7 Å². The molecule has 1 atom stereocenters. The number of carbonyl (C=O) groups is 1. The van der Waals surface area contributed by atoms with E-state index < -0.39 is 0 Å². The Labute approximate surface area is 123 Å². The molecule has 3 N–H and O–H groups in total. The highest BCUT2D eigenvalue weighted by Crippen LogP contribution is 2.23. The van der Waals surface area contributed by atoms with E-state index in [0.717, 1.165) is 13.1 Å². The summed E-state index contributed by atoms with van der Waals surface area (Å²) in [5.74, 6) is 0.0296. The van der Waals surface area contributed by atoms with Crippen LogP contribution in [0.3, 0.4) is 0 Å². The van der Waals surface area contributed by atoms with Crippen LogP contribution in [0.1, 0.15) is 33.1 Å². The molecule has 4 heteroatoms. The fourth-order valence-corrected chi connectivity index (χ4v) is 2.67. The van der Waals surface area contributed by atoms with Gasteiger partial charge in [-0.1, -0.05) is 23.8 Å². The van der Waals surface area contributed by atoms with Gasteiger partial charge >= 0.3 is 0 Å².